The van der Waals surface area contributed by atoms with Gasteiger partial charge < -0.3 is 14.6 Å². The first-order chi connectivity index (χ1) is 18.0. The number of hydrazone groups is 1. The Morgan fingerprint density at radius 1 is 0.947 bits per heavy atom. The summed E-state index contributed by atoms with van der Waals surface area (Å²) in [4.78, 5) is 32.4. The molecule has 198 valence electrons. The van der Waals surface area contributed by atoms with Gasteiger partial charge in [-0.25, -0.2) is 13.2 Å². The maximum absolute atomic E-state index is 12.8. The Labute approximate surface area is 214 Å². The fourth-order valence-electron chi connectivity index (χ4n) is 3.20. The van der Waals surface area contributed by atoms with Crippen LogP contribution >= 0.6 is 0 Å². The Morgan fingerprint density at radius 2 is 1.58 bits per heavy atom. The van der Waals surface area contributed by atoms with Crippen LogP contribution in [0.4, 0.5) is 22.7 Å². The molecule has 3 N–H and O–H groups in total. The molecule has 0 unspecified atom stereocenters. The van der Waals surface area contributed by atoms with Gasteiger partial charge in [-0.3, -0.25) is 30.4 Å². The number of aromatic carboxylic acids is 1. The first-order valence-electron chi connectivity index (χ1n) is 10.3. The van der Waals surface area contributed by atoms with Crippen molar-refractivity contribution in [2.45, 2.75) is 4.90 Å². The third-order valence-corrected chi connectivity index (χ3v) is 6.36. The molecular formula is C22H19N5O10S. The second-order valence-electron chi connectivity index (χ2n) is 7.29. The van der Waals surface area contributed by atoms with Crippen LogP contribution in [0.3, 0.4) is 0 Å². The van der Waals surface area contributed by atoms with E-state index in [0.717, 1.165) is 30.5 Å². The molecule has 0 spiro atoms. The Kier molecular flexibility index (Phi) is 8.07. The van der Waals surface area contributed by atoms with E-state index in [-0.39, 0.29) is 39.7 Å². The summed E-state index contributed by atoms with van der Waals surface area (Å²) in [7, 11) is -1.78. The number of para-hydroxylation sites is 1. The molecule has 0 saturated carbocycles. The molecule has 38 heavy (non-hydrogen) atoms. The molecule has 0 aliphatic rings. The number of hydrogen-bond donors (Lipinski definition) is 3. The molecule has 0 amide bonds. The zero-order valence-electron chi connectivity index (χ0n) is 19.6. The number of nitrogens with zero attached hydrogens (tertiary/aromatic N) is 3. The van der Waals surface area contributed by atoms with Crippen LogP contribution in [-0.4, -0.2) is 49.8 Å². The summed E-state index contributed by atoms with van der Waals surface area (Å²) in [6, 6.07) is 10.5. The normalized spacial score (nSPS) is 11.1. The zero-order chi connectivity index (χ0) is 28.0. The molecule has 0 heterocycles. The van der Waals surface area contributed by atoms with Gasteiger partial charge in [-0.1, -0.05) is 12.1 Å². The second kappa shape index (κ2) is 11.2. The molecule has 3 rings (SSSR count). The first kappa shape index (κ1) is 27.3. The number of nitrogens with one attached hydrogen (secondary N) is 2. The van der Waals surface area contributed by atoms with Gasteiger partial charge >= 0.3 is 5.97 Å². The van der Waals surface area contributed by atoms with Crippen molar-refractivity contribution in [1.82, 2.24) is 0 Å². The number of nitro groups is 2. The van der Waals surface area contributed by atoms with Crippen molar-refractivity contribution in [3.05, 3.63) is 86.0 Å². The van der Waals surface area contributed by atoms with Gasteiger partial charge in [0.1, 0.15) is 5.69 Å². The molecule has 0 aliphatic carbocycles. The summed E-state index contributed by atoms with van der Waals surface area (Å²) in [6.45, 7) is 0. The van der Waals surface area contributed by atoms with Gasteiger partial charge in [0.15, 0.2) is 11.5 Å². The van der Waals surface area contributed by atoms with Gasteiger partial charge in [0.2, 0.25) is 0 Å². The van der Waals surface area contributed by atoms with E-state index < -0.39 is 36.4 Å². The van der Waals surface area contributed by atoms with Crippen LogP contribution in [0.15, 0.2) is 64.6 Å². The van der Waals surface area contributed by atoms with E-state index in [0.29, 0.717) is 0 Å². The number of anilines is 2. The van der Waals surface area contributed by atoms with E-state index in [9.17, 15) is 38.5 Å². The summed E-state index contributed by atoms with van der Waals surface area (Å²) in [5.74, 6) is -1.09. The Balaban J connectivity index is 1.93. The average Bonchev–Trinajstić information content (AvgIpc) is 2.88. The van der Waals surface area contributed by atoms with Gasteiger partial charge in [0, 0.05) is 6.07 Å². The molecule has 0 aromatic heterocycles. The molecule has 0 radical (unpaired) electrons. The van der Waals surface area contributed by atoms with Gasteiger partial charge in [-0.05, 0) is 30.3 Å². The summed E-state index contributed by atoms with van der Waals surface area (Å²) in [6.07, 6.45) is 1.03. The van der Waals surface area contributed by atoms with E-state index >= 15 is 0 Å². The van der Waals surface area contributed by atoms with E-state index in [1.807, 2.05) is 0 Å². The highest BCUT2D eigenvalue weighted by Crippen LogP contribution is 2.34. The second-order valence-corrected chi connectivity index (χ2v) is 8.97. The maximum atomic E-state index is 12.8. The van der Waals surface area contributed by atoms with Gasteiger partial charge in [0.25, 0.3) is 21.4 Å². The lowest BCUT2D eigenvalue weighted by Crippen LogP contribution is -2.16. The highest BCUT2D eigenvalue weighted by molar-refractivity contribution is 7.92. The van der Waals surface area contributed by atoms with Gasteiger partial charge in [-0.15, -0.1) is 0 Å². The first-order valence-corrected chi connectivity index (χ1v) is 11.8. The number of benzene rings is 3. The van der Waals surface area contributed by atoms with Crippen LogP contribution in [-0.2, 0) is 10.0 Å². The number of rotatable bonds is 11. The Bertz CT molecular complexity index is 1560. The summed E-state index contributed by atoms with van der Waals surface area (Å²) in [5.41, 5.74) is 0.526. The van der Waals surface area contributed by atoms with Crippen molar-refractivity contribution in [3.63, 3.8) is 0 Å². The standard InChI is InChI=1S/C22H19N5O10S/c1-36-20-9-13(18(26(30)31)11-21(20)37-2)12-23-24-17-8-7-14(10-19(17)27(32)33)38(34,35)25-16-6-4-3-5-15(16)22(28)29/h3-12,24-25H,1-2H3,(H,28,29). The highest BCUT2D eigenvalue weighted by atomic mass is 32.2. The molecule has 15 nitrogen and oxygen atoms in total. The molecule has 16 heteroatoms. The van der Waals surface area contributed by atoms with E-state index in [4.69, 9.17) is 9.47 Å². The van der Waals surface area contributed by atoms with Gasteiger partial charge in [0.05, 0.1) is 58.1 Å². The number of nitro benzene ring substituents is 2. The lowest BCUT2D eigenvalue weighted by atomic mass is 10.1. The smallest absolute Gasteiger partial charge is 0.337 e. The van der Waals surface area contributed by atoms with Crippen molar-refractivity contribution in [2.75, 3.05) is 24.4 Å². The third-order valence-electron chi connectivity index (χ3n) is 5.00. The number of carboxylic acids is 1. The number of hydrogen-bond acceptors (Lipinski definition) is 11. The minimum atomic E-state index is -4.42. The quantitative estimate of drug-likeness (QED) is 0.180. The number of carbonyl (C=O) groups is 1. The largest absolute Gasteiger partial charge is 0.493 e. The minimum Gasteiger partial charge on any atom is -0.493 e. The maximum Gasteiger partial charge on any atom is 0.337 e. The van der Waals surface area contributed by atoms with E-state index in [2.05, 4.69) is 15.2 Å². The number of methoxy groups -OCH3 is 2. The zero-order valence-corrected chi connectivity index (χ0v) is 20.5. The number of sulfonamides is 1. The van der Waals surface area contributed by atoms with Crippen LogP contribution in [0.2, 0.25) is 0 Å². The Hall–Kier alpha value is -5.25. The number of carboxylic acid groups (broad SMARTS) is 1. The van der Waals surface area contributed by atoms with Crippen LogP contribution in [0.1, 0.15) is 15.9 Å². The molecule has 0 aliphatic heterocycles. The lowest BCUT2D eigenvalue weighted by Gasteiger charge is -2.11. The SMILES string of the molecule is COc1cc(C=NNc2ccc(S(=O)(=O)Nc3ccccc3C(=O)O)cc2[N+](=O)[O-])c([N+](=O)[O-])cc1OC. The molecule has 0 atom stereocenters. The third kappa shape index (κ3) is 5.93. The van der Waals surface area contributed by atoms with Crippen molar-refractivity contribution in [2.24, 2.45) is 5.10 Å². The topological polar surface area (TPSA) is 213 Å². The van der Waals surface area contributed by atoms with Crippen LogP contribution < -0.4 is 19.6 Å². The predicted octanol–water partition coefficient (Wildman–Crippen LogP) is 3.47. The molecule has 0 saturated heterocycles. The molecular weight excluding hydrogens is 526 g/mol. The highest BCUT2D eigenvalue weighted by Gasteiger charge is 2.24. The predicted molar refractivity (Wildman–Crippen MR) is 135 cm³/mol. The fraction of sp³-hybridized carbons (Fsp3) is 0.0909. The van der Waals surface area contributed by atoms with Crippen LogP contribution in [0, 0.1) is 20.2 Å². The summed E-state index contributed by atoms with van der Waals surface area (Å²) >= 11 is 0. The van der Waals surface area contributed by atoms with Crippen molar-refractivity contribution in [1.29, 1.82) is 0 Å². The molecule has 0 bridgehead atoms. The van der Waals surface area contributed by atoms with E-state index in [1.165, 1.54) is 44.6 Å². The van der Waals surface area contributed by atoms with Crippen LogP contribution in [0.25, 0.3) is 0 Å². The van der Waals surface area contributed by atoms with Crippen LogP contribution in [0.5, 0.6) is 11.5 Å². The molecule has 3 aromatic carbocycles. The monoisotopic (exact) mass is 545 g/mol. The number of ether oxygens (including phenoxy) is 2. The van der Waals surface area contributed by atoms with Crippen molar-refractivity contribution in [3.8, 4) is 11.5 Å². The fourth-order valence-corrected chi connectivity index (χ4v) is 4.30. The lowest BCUT2D eigenvalue weighted by molar-refractivity contribution is -0.385. The van der Waals surface area contributed by atoms with Crippen molar-refractivity contribution >= 4 is 45.0 Å². The van der Waals surface area contributed by atoms with Crippen molar-refractivity contribution < 1.29 is 37.6 Å². The summed E-state index contributed by atoms with van der Waals surface area (Å²) in [5, 5.41) is 36.1. The van der Waals surface area contributed by atoms with E-state index in [1.54, 1.807) is 0 Å². The molecule has 0 fully saturated rings. The average molecular weight is 545 g/mol. The minimum absolute atomic E-state index is 0.0108. The summed E-state index contributed by atoms with van der Waals surface area (Å²) < 4.78 is 37.9. The Morgan fingerprint density at radius 3 is 2.18 bits per heavy atom. The van der Waals surface area contributed by atoms with Gasteiger partial charge in [-0.2, -0.15) is 5.10 Å². The molecule has 3 aromatic rings.